The van der Waals surface area contributed by atoms with Crippen LogP contribution in [0.2, 0.25) is 0 Å². The van der Waals surface area contributed by atoms with Crippen LogP contribution in [0.5, 0.6) is 0 Å². The van der Waals surface area contributed by atoms with Crippen molar-refractivity contribution in [3.8, 4) is 0 Å². The van der Waals surface area contributed by atoms with Gasteiger partial charge in [-0.2, -0.15) is 11.8 Å². The van der Waals surface area contributed by atoms with Crippen molar-refractivity contribution in [1.29, 1.82) is 0 Å². The Labute approximate surface area is 158 Å². The van der Waals surface area contributed by atoms with E-state index in [1.54, 1.807) is 0 Å². The van der Waals surface area contributed by atoms with E-state index in [1.165, 1.54) is 18.7 Å². The van der Waals surface area contributed by atoms with Gasteiger partial charge in [0.1, 0.15) is 18.1 Å². The highest BCUT2D eigenvalue weighted by atomic mass is 32.2. The van der Waals surface area contributed by atoms with Gasteiger partial charge in [0.05, 0.1) is 6.54 Å². The summed E-state index contributed by atoms with van der Waals surface area (Å²) in [5.41, 5.74) is 5.28. The van der Waals surface area contributed by atoms with Crippen LogP contribution < -0.4 is 21.7 Å². The van der Waals surface area contributed by atoms with Gasteiger partial charge in [0.25, 0.3) is 0 Å². The Bertz CT molecular complexity index is 501. The maximum Gasteiger partial charge on any atom is 0.325 e. The van der Waals surface area contributed by atoms with Gasteiger partial charge in [-0.1, -0.05) is 13.8 Å². The highest BCUT2D eigenvalue weighted by molar-refractivity contribution is 7.98. The summed E-state index contributed by atoms with van der Waals surface area (Å²) in [4.78, 5) is 47.3. The van der Waals surface area contributed by atoms with Crippen LogP contribution in [0.15, 0.2) is 0 Å². The first-order chi connectivity index (χ1) is 12.1. The molecule has 150 valence electrons. The van der Waals surface area contributed by atoms with E-state index in [-0.39, 0.29) is 12.5 Å². The minimum absolute atomic E-state index is 0.134. The summed E-state index contributed by atoms with van der Waals surface area (Å²) < 4.78 is 0. The molecule has 0 aliphatic heterocycles. The smallest absolute Gasteiger partial charge is 0.325 e. The van der Waals surface area contributed by atoms with E-state index in [1.807, 2.05) is 20.1 Å². The molecule has 3 unspecified atom stereocenters. The third-order valence-electron chi connectivity index (χ3n) is 3.52. The van der Waals surface area contributed by atoms with Gasteiger partial charge in [0, 0.05) is 0 Å². The van der Waals surface area contributed by atoms with Gasteiger partial charge in [0.15, 0.2) is 0 Å². The molecule has 0 aromatic carbocycles. The van der Waals surface area contributed by atoms with Crippen LogP contribution in [-0.2, 0) is 19.2 Å². The van der Waals surface area contributed by atoms with E-state index >= 15 is 0 Å². The van der Waals surface area contributed by atoms with E-state index in [0.717, 1.165) is 0 Å². The van der Waals surface area contributed by atoms with Crippen molar-refractivity contribution in [3.63, 3.8) is 0 Å². The maximum absolute atomic E-state index is 12.6. The molecule has 0 fully saturated rings. The summed E-state index contributed by atoms with van der Waals surface area (Å²) in [5.74, 6) is -1.96. The van der Waals surface area contributed by atoms with Gasteiger partial charge in [-0.25, -0.2) is 0 Å². The lowest BCUT2D eigenvalue weighted by molar-refractivity contribution is -0.141. The molecule has 0 aliphatic carbocycles. The van der Waals surface area contributed by atoms with Crippen molar-refractivity contribution in [2.45, 2.75) is 51.7 Å². The summed E-state index contributed by atoms with van der Waals surface area (Å²) in [5, 5.41) is 16.4. The molecule has 0 aromatic rings. The topological polar surface area (TPSA) is 151 Å². The van der Waals surface area contributed by atoms with E-state index in [0.29, 0.717) is 18.6 Å². The molecule has 0 spiro atoms. The van der Waals surface area contributed by atoms with Crippen LogP contribution in [0.25, 0.3) is 0 Å². The lowest BCUT2D eigenvalue weighted by Gasteiger charge is -2.24. The number of carboxylic acid groups (broad SMARTS) is 1. The fourth-order valence-corrected chi connectivity index (χ4v) is 2.58. The summed E-state index contributed by atoms with van der Waals surface area (Å²) in [7, 11) is 0. The number of amides is 3. The van der Waals surface area contributed by atoms with E-state index in [4.69, 9.17) is 10.8 Å². The summed E-state index contributed by atoms with van der Waals surface area (Å²) in [6.45, 7) is 4.91. The molecule has 0 radical (unpaired) electrons. The second kappa shape index (κ2) is 12.5. The zero-order valence-corrected chi connectivity index (χ0v) is 16.5. The molecule has 0 rings (SSSR count). The fraction of sp³-hybridized carbons (Fsp3) is 0.750. The predicted molar refractivity (Wildman–Crippen MR) is 101 cm³/mol. The van der Waals surface area contributed by atoms with Crippen LogP contribution >= 0.6 is 11.8 Å². The van der Waals surface area contributed by atoms with E-state index in [2.05, 4.69) is 16.0 Å². The Hall–Kier alpha value is -1.81. The lowest BCUT2D eigenvalue weighted by Crippen LogP contribution is -2.56. The summed E-state index contributed by atoms with van der Waals surface area (Å²) in [6, 6.07) is -2.77. The number of nitrogens with two attached hydrogens (primary N) is 1. The van der Waals surface area contributed by atoms with Gasteiger partial charge in [-0.05, 0) is 37.7 Å². The second-order valence-electron chi connectivity index (χ2n) is 6.36. The Morgan fingerprint density at radius 2 is 1.58 bits per heavy atom. The number of aliphatic carboxylic acids is 1. The standard InChI is InChI=1S/C16H30N4O5S/c1-9(2)7-12(19-13(21)8-17)15(23)20-11(5-6-26-4)14(22)18-10(3)16(24)25/h9-12H,5-8,17H2,1-4H3,(H,18,22)(H,19,21)(H,20,23)(H,24,25). The number of carbonyl (C=O) groups excluding carboxylic acids is 3. The van der Waals surface area contributed by atoms with Crippen LogP contribution in [0.4, 0.5) is 0 Å². The molecule has 0 aliphatic rings. The SMILES string of the molecule is CSCCC(NC(=O)C(CC(C)C)NC(=O)CN)C(=O)NC(C)C(=O)O. The number of thioether (sulfide) groups is 1. The number of nitrogens with one attached hydrogen (secondary N) is 3. The van der Waals surface area contributed by atoms with Gasteiger partial charge in [-0.15, -0.1) is 0 Å². The fourth-order valence-electron chi connectivity index (χ4n) is 2.11. The van der Waals surface area contributed by atoms with Crippen molar-refractivity contribution in [2.75, 3.05) is 18.6 Å². The third-order valence-corrected chi connectivity index (χ3v) is 4.16. The monoisotopic (exact) mass is 390 g/mol. The molecule has 9 nitrogen and oxygen atoms in total. The first-order valence-corrected chi connectivity index (χ1v) is 9.83. The van der Waals surface area contributed by atoms with Gasteiger partial charge >= 0.3 is 5.97 Å². The Morgan fingerprint density at radius 1 is 1.00 bits per heavy atom. The molecule has 3 amide bonds. The molecule has 3 atom stereocenters. The third kappa shape index (κ3) is 9.62. The van der Waals surface area contributed by atoms with Gasteiger partial charge in [0.2, 0.25) is 17.7 Å². The highest BCUT2D eigenvalue weighted by Gasteiger charge is 2.28. The Kier molecular flexibility index (Phi) is 11.7. The highest BCUT2D eigenvalue weighted by Crippen LogP contribution is 2.07. The zero-order chi connectivity index (χ0) is 20.3. The molecule has 0 bridgehead atoms. The molecular formula is C16H30N4O5S. The molecule has 0 saturated carbocycles. The summed E-state index contributed by atoms with van der Waals surface area (Å²) >= 11 is 1.50. The van der Waals surface area contributed by atoms with Crippen molar-refractivity contribution in [1.82, 2.24) is 16.0 Å². The molecule has 26 heavy (non-hydrogen) atoms. The number of hydrogen-bond donors (Lipinski definition) is 5. The molecule has 10 heteroatoms. The number of hydrogen-bond acceptors (Lipinski definition) is 6. The molecule has 0 heterocycles. The number of carboxylic acids is 1. The number of rotatable bonds is 12. The van der Waals surface area contributed by atoms with Crippen molar-refractivity contribution < 1.29 is 24.3 Å². The van der Waals surface area contributed by atoms with E-state index in [9.17, 15) is 19.2 Å². The van der Waals surface area contributed by atoms with E-state index < -0.39 is 41.8 Å². The largest absolute Gasteiger partial charge is 0.480 e. The first-order valence-electron chi connectivity index (χ1n) is 8.44. The minimum atomic E-state index is -1.17. The summed E-state index contributed by atoms with van der Waals surface area (Å²) in [6.07, 6.45) is 2.59. The second-order valence-corrected chi connectivity index (χ2v) is 7.35. The molecule has 0 saturated heterocycles. The van der Waals surface area contributed by atoms with Crippen molar-refractivity contribution in [3.05, 3.63) is 0 Å². The van der Waals surface area contributed by atoms with Crippen molar-refractivity contribution >= 4 is 35.5 Å². The number of carbonyl (C=O) groups is 4. The molecular weight excluding hydrogens is 360 g/mol. The average molecular weight is 391 g/mol. The maximum atomic E-state index is 12.6. The van der Waals surface area contributed by atoms with Crippen molar-refractivity contribution in [2.24, 2.45) is 11.7 Å². The normalized spacial score (nSPS) is 14.2. The van der Waals surface area contributed by atoms with Crippen LogP contribution in [-0.4, -0.2) is 65.5 Å². The predicted octanol–water partition coefficient (Wildman–Crippen LogP) is -0.697. The zero-order valence-electron chi connectivity index (χ0n) is 15.7. The Morgan fingerprint density at radius 3 is 2.04 bits per heavy atom. The van der Waals surface area contributed by atoms with Gasteiger partial charge < -0.3 is 26.8 Å². The minimum Gasteiger partial charge on any atom is -0.480 e. The quantitative estimate of drug-likeness (QED) is 0.296. The Balaban J connectivity index is 5.11. The van der Waals surface area contributed by atoms with Gasteiger partial charge in [-0.3, -0.25) is 19.2 Å². The van der Waals surface area contributed by atoms with Crippen LogP contribution in [0.3, 0.4) is 0 Å². The molecule has 6 N–H and O–H groups in total. The van der Waals surface area contributed by atoms with Crippen LogP contribution in [0, 0.1) is 5.92 Å². The molecule has 0 aromatic heterocycles. The average Bonchev–Trinajstić information content (AvgIpc) is 2.56. The lowest BCUT2D eigenvalue weighted by atomic mass is 10.0. The first kappa shape index (κ1) is 24.2. The van der Waals surface area contributed by atoms with Crippen LogP contribution in [0.1, 0.15) is 33.6 Å².